The average Bonchev–Trinajstić information content (AvgIpc) is 3.13. The molecule has 1 aromatic carbocycles. The molecule has 3 heterocycles. The van der Waals surface area contributed by atoms with Crippen molar-refractivity contribution in [1.82, 2.24) is 24.6 Å². The highest BCUT2D eigenvalue weighted by atomic mass is 32.2. The maximum atomic E-state index is 12.3. The molecule has 2 aromatic rings. The van der Waals surface area contributed by atoms with Crippen LogP contribution >= 0.6 is 0 Å². The number of hydrogen-bond acceptors (Lipinski definition) is 6. The molecule has 0 N–H and O–H groups in total. The first kappa shape index (κ1) is 16.7. The van der Waals surface area contributed by atoms with Gasteiger partial charge in [0.2, 0.25) is 0 Å². The van der Waals surface area contributed by atoms with Crippen molar-refractivity contribution < 1.29 is 8.42 Å². The fraction of sp³-hybridized carbons (Fsp3) is 0.529. The lowest BCUT2D eigenvalue weighted by atomic mass is 10.0. The summed E-state index contributed by atoms with van der Waals surface area (Å²) in [6, 6.07) is 10.3. The van der Waals surface area contributed by atoms with Crippen molar-refractivity contribution in [3.05, 3.63) is 48.0 Å². The molecule has 0 spiro atoms. The zero-order chi connectivity index (χ0) is 17.4. The van der Waals surface area contributed by atoms with Crippen LogP contribution in [-0.4, -0.2) is 69.7 Å². The molecule has 2 atom stereocenters. The van der Waals surface area contributed by atoms with E-state index in [9.17, 15) is 8.42 Å². The predicted molar refractivity (Wildman–Crippen MR) is 94.5 cm³/mol. The Kier molecular flexibility index (Phi) is 4.35. The van der Waals surface area contributed by atoms with Gasteiger partial charge in [-0.25, -0.2) is 8.42 Å². The topological polar surface area (TPSA) is 71.3 Å². The Balaban J connectivity index is 1.54. The molecule has 0 radical (unpaired) electrons. The van der Waals surface area contributed by atoms with Gasteiger partial charge in [-0.1, -0.05) is 30.3 Å². The molecule has 0 saturated carbocycles. The van der Waals surface area contributed by atoms with Crippen LogP contribution in [0.2, 0.25) is 0 Å². The first-order valence-corrected chi connectivity index (χ1v) is 10.4. The summed E-state index contributed by atoms with van der Waals surface area (Å²) < 4.78 is 26.5. The predicted octanol–water partition coefficient (Wildman–Crippen LogP) is 0.298. The molecular formula is C17H23N5O2S. The molecule has 0 bridgehead atoms. The van der Waals surface area contributed by atoms with E-state index in [1.54, 1.807) is 6.33 Å². The van der Waals surface area contributed by atoms with E-state index in [4.69, 9.17) is 0 Å². The van der Waals surface area contributed by atoms with Crippen molar-refractivity contribution in [2.45, 2.75) is 25.2 Å². The Morgan fingerprint density at radius 2 is 1.68 bits per heavy atom. The van der Waals surface area contributed by atoms with Gasteiger partial charge in [-0.3, -0.25) is 9.80 Å². The van der Waals surface area contributed by atoms with Crippen molar-refractivity contribution >= 4 is 9.84 Å². The molecule has 0 aliphatic carbocycles. The van der Waals surface area contributed by atoms with Crippen molar-refractivity contribution in [3.63, 3.8) is 0 Å². The van der Waals surface area contributed by atoms with E-state index in [2.05, 4.69) is 32.1 Å². The summed E-state index contributed by atoms with van der Waals surface area (Å²) in [7, 11) is -1.08. The highest BCUT2D eigenvalue weighted by Crippen LogP contribution is 2.29. The zero-order valence-electron chi connectivity index (χ0n) is 14.3. The number of hydrogen-bond donors (Lipinski definition) is 0. The quantitative estimate of drug-likeness (QED) is 0.780. The van der Waals surface area contributed by atoms with Crippen LogP contribution in [-0.2, 0) is 30.0 Å². The highest BCUT2D eigenvalue weighted by Gasteiger charge is 2.46. The van der Waals surface area contributed by atoms with Gasteiger partial charge in [0.15, 0.2) is 9.84 Å². The number of aryl methyl sites for hydroxylation is 1. The standard InChI is InChI=1S/C17H23N5O2S/c1-20-13-18-19-17(20)10-22-8-7-21(9-14-5-3-2-4-6-14)15-11-25(23,24)12-16(15)22/h2-6,13,15-16H,7-12H2,1H3/t15-,16+/m0/s1. The minimum Gasteiger partial charge on any atom is -0.320 e. The minimum atomic E-state index is -3.00. The first-order chi connectivity index (χ1) is 12.0. The highest BCUT2D eigenvalue weighted by molar-refractivity contribution is 7.91. The normalized spacial score (nSPS) is 26.6. The molecule has 2 fully saturated rings. The van der Waals surface area contributed by atoms with E-state index in [0.29, 0.717) is 6.54 Å². The van der Waals surface area contributed by atoms with Crippen LogP contribution in [0.25, 0.3) is 0 Å². The van der Waals surface area contributed by atoms with Gasteiger partial charge in [-0.2, -0.15) is 0 Å². The van der Waals surface area contributed by atoms with Crippen LogP contribution in [0.15, 0.2) is 36.7 Å². The summed E-state index contributed by atoms with van der Waals surface area (Å²) in [4.78, 5) is 4.60. The van der Waals surface area contributed by atoms with E-state index >= 15 is 0 Å². The van der Waals surface area contributed by atoms with E-state index in [1.165, 1.54) is 5.56 Å². The molecule has 0 unspecified atom stereocenters. The van der Waals surface area contributed by atoms with Gasteiger partial charge in [-0.05, 0) is 5.56 Å². The van der Waals surface area contributed by atoms with Crippen LogP contribution in [0.1, 0.15) is 11.4 Å². The molecule has 0 amide bonds. The van der Waals surface area contributed by atoms with E-state index in [0.717, 1.165) is 25.5 Å². The fourth-order valence-corrected chi connectivity index (χ4v) is 5.98. The molecular weight excluding hydrogens is 338 g/mol. The summed E-state index contributed by atoms with van der Waals surface area (Å²) in [5, 5.41) is 8.09. The Morgan fingerprint density at radius 1 is 1.04 bits per heavy atom. The van der Waals surface area contributed by atoms with Crippen molar-refractivity contribution in [1.29, 1.82) is 0 Å². The summed E-state index contributed by atoms with van der Waals surface area (Å²) >= 11 is 0. The average molecular weight is 361 g/mol. The largest absolute Gasteiger partial charge is 0.320 e. The van der Waals surface area contributed by atoms with Gasteiger partial charge in [0, 0.05) is 38.8 Å². The molecule has 25 heavy (non-hydrogen) atoms. The SMILES string of the molecule is Cn1cnnc1CN1CCN(Cc2ccccc2)[C@H]2CS(=O)(=O)C[C@H]21. The van der Waals surface area contributed by atoms with Crippen LogP contribution < -0.4 is 0 Å². The molecule has 2 saturated heterocycles. The Hall–Kier alpha value is -1.77. The summed E-state index contributed by atoms with van der Waals surface area (Å²) in [6.07, 6.45) is 1.68. The number of aromatic nitrogens is 3. The summed E-state index contributed by atoms with van der Waals surface area (Å²) in [5.74, 6) is 1.36. The van der Waals surface area contributed by atoms with Gasteiger partial charge in [0.05, 0.1) is 18.1 Å². The van der Waals surface area contributed by atoms with Crippen molar-refractivity contribution in [2.24, 2.45) is 7.05 Å². The van der Waals surface area contributed by atoms with Gasteiger partial charge in [0.25, 0.3) is 0 Å². The van der Waals surface area contributed by atoms with Gasteiger partial charge < -0.3 is 4.57 Å². The number of benzene rings is 1. The van der Waals surface area contributed by atoms with Crippen molar-refractivity contribution in [3.8, 4) is 0 Å². The maximum Gasteiger partial charge on any atom is 0.153 e. The molecule has 4 rings (SSSR count). The first-order valence-electron chi connectivity index (χ1n) is 8.57. The molecule has 7 nitrogen and oxygen atoms in total. The third-order valence-electron chi connectivity index (χ3n) is 5.28. The summed E-state index contributed by atoms with van der Waals surface area (Å²) in [6.45, 7) is 3.15. The third kappa shape index (κ3) is 3.47. The van der Waals surface area contributed by atoms with Gasteiger partial charge in [0.1, 0.15) is 12.2 Å². The number of sulfone groups is 1. The number of rotatable bonds is 4. The van der Waals surface area contributed by atoms with Crippen LogP contribution in [0.4, 0.5) is 0 Å². The maximum absolute atomic E-state index is 12.3. The minimum absolute atomic E-state index is 0.0270. The van der Waals surface area contributed by atoms with Crippen LogP contribution in [0.3, 0.4) is 0 Å². The molecule has 2 aliphatic rings. The molecule has 2 aliphatic heterocycles. The van der Waals surface area contributed by atoms with E-state index < -0.39 is 9.84 Å². The van der Waals surface area contributed by atoms with Crippen LogP contribution in [0, 0.1) is 0 Å². The number of fused-ring (bicyclic) bond motifs is 1. The van der Waals surface area contributed by atoms with Crippen molar-refractivity contribution in [2.75, 3.05) is 24.6 Å². The Morgan fingerprint density at radius 3 is 2.28 bits per heavy atom. The second kappa shape index (κ2) is 6.51. The van der Waals surface area contributed by atoms with Gasteiger partial charge >= 0.3 is 0 Å². The van der Waals surface area contributed by atoms with E-state index in [1.807, 2.05) is 29.8 Å². The lowest BCUT2D eigenvalue weighted by molar-refractivity contribution is 0.0335. The second-order valence-corrected chi connectivity index (χ2v) is 9.15. The second-order valence-electron chi connectivity index (χ2n) is 7.00. The Labute approximate surface area is 148 Å². The number of nitrogens with zero attached hydrogens (tertiary/aromatic N) is 5. The smallest absolute Gasteiger partial charge is 0.153 e. The third-order valence-corrected chi connectivity index (χ3v) is 6.98. The van der Waals surface area contributed by atoms with E-state index in [-0.39, 0.29) is 23.6 Å². The zero-order valence-corrected chi connectivity index (χ0v) is 15.1. The van der Waals surface area contributed by atoms with Crippen LogP contribution in [0.5, 0.6) is 0 Å². The fourth-order valence-electron chi connectivity index (χ4n) is 3.94. The molecule has 134 valence electrons. The Bertz CT molecular complexity index is 836. The molecule has 8 heteroatoms. The number of piperazine rings is 1. The molecule has 1 aromatic heterocycles. The lowest BCUT2D eigenvalue weighted by Crippen LogP contribution is -2.58. The summed E-state index contributed by atoms with van der Waals surface area (Å²) in [5.41, 5.74) is 1.23. The lowest BCUT2D eigenvalue weighted by Gasteiger charge is -2.43. The van der Waals surface area contributed by atoms with Gasteiger partial charge in [-0.15, -0.1) is 10.2 Å². The monoisotopic (exact) mass is 361 g/mol.